The Morgan fingerprint density at radius 1 is 1.35 bits per heavy atom. The minimum atomic E-state index is -2.77. The molecule has 1 aromatic heterocycles. The molecule has 2 aliphatic rings. The monoisotopic (exact) mass is 575 g/mol. The number of azide groups is 1. The minimum Gasteiger partial charge on any atom is -0.477 e. The van der Waals surface area contributed by atoms with Gasteiger partial charge in [0.05, 0.1) is 25.4 Å². The van der Waals surface area contributed by atoms with Crippen molar-refractivity contribution in [1.82, 2.24) is 14.9 Å². The summed E-state index contributed by atoms with van der Waals surface area (Å²) in [7, 11) is 0. The fraction of sp³-hybridized carbons (Fsp3) is 0.700. The number of aliphatic carboxylic acids is 1. The third-order valence-corrected chi connectivity index (χ3v) is 6.37. The lowest BCUT2D eigenvalue weighted by Crippen LogP contribution is -2.68. The van der Waals surface area contributed by atoms with E-state index in [1.807, 2.05) is 0 Å². The number of hydrogen-bond acceptors (Lipinski definition) is 15. The Balaban J connectivity index is 1.83. The van der Waals surface area contributed by atoms with Gasteiger partial charge in [-0.1, -0.05) is 5.11 Å². The fourth-order valence-electron chi connectivity index (χ4n) is 4.30. The molecule has 10 atom stereocenters. The van der Waals surface area contributed by atoms with E-state index < -0.39 is 105 Å². The molecule has 1 aromatic rings. The highest BCUT2D eigenvalue weighted by Gasteiger charge is 2.57. The molecule has 2 aliphatic heterocycles. The Morgan fingerprint density at radius 3 is 2.65 bits per heavy atom. The van der Waals surface area contributed by atoms with Crippen LogP contribution in [-0.4, -0.2) is 131 Å². The maximum atomic E-state index is 12.3. The van der Waals surface area contributed by atoms with E-state index in [1.54, 1.807) is 0 Å². The smallest absolute Gasteiger partial charge is 0.364 e. The van der Waals surface area contributed by atoms with Crippen molar-refractivity contribution >= 4 is 17.7 Å². The topological polar surface area (TPSA) is 325 Å². The van der Waals surface area contributed by atoms with Crippen LogP contribution in [0.3, 0.4) is 0 Å². The molecule has 40 heavy (non-hydrogen) atoms. The van der Waals surface area contributed by atoms with Crippen LogP contribution in [0.2, 0.25) is 0 Å². The van der Waals surface area contributed by atoms with E-state index in [0.717, 1.165) is 10.8 Å². The normalized spacial score (nSPS) is 33.5. The number of anilines is 1. The van der Waals surface area contributed by atoms with Gasteiger partial charge in [0, 0.05) is 17.5 Å². The second-order valence-electron chi connectivity index (χ2n) is 9.03. The number of rotatable bonds is 11. The van der Waals surface area contributed by atoms with E-state index in [9.17, 15) is 50.1 Å². The summed E-state index contributed by atoms with van der Waals surface area (Å²) in [5.74, 6) is -5.65. The molecule has 0 radical (unpaired) electrons. The van der Waals surface area contributed by atoms with Gasteiger partial charge >= 0.3 is 11.7 Å². The van der Waals surface area contributed by atoms with Crippen LogP contribution in [0.1, 0.15) is 12.6 Å². The van der Waals surface area contributed by atoms with E-state index in [1.165, 1.54) is 6.07 Å². The average molecular weight is 575 g/mol. The predicted molar refractivity (Wildman–Crippen MR) is 126 cm³/mol. The number of nitrogens with zero attached hydrogens (tertiary/aromatic N) is 5. The molecule has 3 heterocycles. The lowest BCUT2D eigenvalue weighted by atomic mass is 9.88. The van der Waals surface area contributed by atoms with Gasteiger partial charge in [0.1, 0.15) is 49.0 Å². The largest absolute Gasteiger partial charge is 0.477 e. The number of hydrogen-bond donors (Lipinski definition) is 9. The second kappa shape index (κ2) is 12.8. The SMILES string of the molecule is [N-]=[N+]=NCC(=O)N[C@H]1[C@H]([C@H](O)[C@H](O)CO)O[C@](OC[C@H]2O[C@@H](n3ccc(N)nc3=O)[C@H](O)[C@@H]2O)(C(=O)O)C[C@@H]1O. The van der Waals surface area contributed by atoms with Gasteiger partial charge in [-0.05, 0) is 11.6 Å². The van der Waals surface area contributed by atoms with E-state index >= 15 is 0 Å². The van der Waals surface area contributed by atoms with Crippen molar-refractivity contribution < 1.29 is 59.5 Å². The molecule has 2 saturated heterocycles. The van der Waals surface area contributed by atoms with Gasteiger partial charge in [-0.25, -0.2) is 9.59 Å². The number of carboxylic acid groups (broad SMARTS) is 1. The molecule has 3 rings (SSSR count). The molecule has 0 bridgehead atoms. The molecule has 222 valence electrons. The van der Waals surface area contributed by atoms with Gasteiger partial charge in [-0.15, -0.1) is 0 Å². The number of carbonyl (C=O) groups excluding carboxylic acids is 1. The predicted octanol–water partition coefficient (Wildman–Crippen LogP) is -5.10. The zero-order chi connectivity index (χ0) is 29.8. The Kier molecular flexibility index (Phi) is 9.97. The number of amides is 1. The van der Waals surface area contributed by atoms with Crippen LogP contribution >= 0.6 is 0 Å². The molecule has 0 aromatic carbocycles. The molecule has 0 saturated carbocycles. The first kappa shape index (κ1) is 31.1. The number of aliphatic hydroxyl groups excluding tert-OH is 6. The molecular formula is C20H29N7O13. The Morgan fingerprint density at radius 2 is 2.05 bits per heavy atom. The zero-order valence-electron chi connectivity index (χ0n) is 20.6. The summed E-state index contributed by atoms with van der Waals surface area (Å²) in [6.45, 7) is -2.54. The Bertz CT molecular complexity index is 1180. The van der Waals surface area contributed by atoms with Crippen LogP contribution in [0.5, 0.6) is 0 Å². The Labute approximate surface area is 223 Å². The van der Waals surface area contributed by atoms with Crippen LogP contribution in [0.4, 0.5) is 5.82 Å². The van der Waals surface area contributed by atoms with Crippen molar-refractivity contribution in [3.8, 4) is 0 Å². The summed E-state index contributed by atoms with van der Waals surface area (Å²) in [6, 6.07) is -0.337. The van der Waals surface area contributed by atoms with E-state index in [0.29, 0.717) is 0 Å². The van der Waals surface area contributed by atoms with Crippen LogP contribution < -0.4 is 16.7 Å². The highest BCUT2D eigenvalue weighted by molar-refractivity contribution is 5.79. The van der Waals surface area contributed by atoms with E-state index in [4.69, 9.17) is 25.5 Å². The standard InChI is InChI=1S/C20H29N7O13/c21-10-1-2-27(19(37)24-10)17-15(34)14(33)9(39-17)6-38-20(18(35)36)3-7(29)12(25-11(31)4-23-26-22)16(40-20)13(32)8(30)5-28/h1-2,7-9,12-17,28-30,32-34H,3-6H2,(H,25,31)(H,35,36)(H2,21,24,37)/t7-,8+,9+,12+,13+,14+,15+,16+,17+,20-/m0/s1. The first-order valence-electron chi connectivity index (χ1n) is 11.7. The summed E-state index contributed by atoms with van der Waals surface area (Å²) in [4.78, 5) is 42.4. The summed E-state index contributed by atoms with van der Waals surface area (Å²) in [5.41, 5.74) is 12.9. The maximum Gasteiger partial charge on any atom is 0.364 e. The number of aliphatic hydroxyl groups is 6. The average Bonchev–Trinajstić information content (AvgIpc) is 3.19. The zero-order valence-corrected chi connectivity index (χ0v) is 20.6. The number of carbonyl (C=O) groups is 2. The van der Waals surface area contributed by atoms with Crippen LogP contribution in [0, 0.1) is 0 Å². The lowest BCUT2D eigenvalue weighted by Gasteiger charge is -2.46. The van der Waals surface area contributed by atoms with Crippen molar-refractivity contribution in [2.24, 2.45) is 5.11 Å². The Hall–Kier alpha value is -3.43. The molecular weight excluding hydrogens is 546 g/mol. The molecule has 0 aliphatic carbocycles. The van der Waals surface area contributed by atoms with Crippen LogP contribution in [-0.2, 0) is 23.8 Å². The number of carboxylic acids is 1. The molecule has 0 unspecified atom stereocenters. The maximum absolute atomic E-state index is 12.3. The van der Waals surface area contributed by atoms with Crippen molar-refractivity contribution in [3.05, 3.63) is 33.2 Å². The lowest BCUT2D eigenvalue weighted by molar-refractivity contribution is -0.316. The minimum absolute atomic E-state index is 0.110. The summed E-state index contributed by atoms with van der Waals surface area (Å²) in [5, 5.41) is 76.6. The summed E-state index contributed by atoms with van der Waals surface area (Å²) < 4.78 is 17.2. The van der Waals surface area contributed by atoms with Crippen molar-refractivity contribution in [2.75, 3.05) is 25.5 Å². The van der Waals surface area contributed by atoms with Gasteiger partial charge in [-0.2, -0.15) is 4.98 Å². The van der Waals surface area contributed by atoms with E-state index in [2.05, 4.69) is 20.3 Å². The molecule has 20 nitrogen and oxygen atoms in total. The first-order valence-corrected chi connectivity index (χ1v) is 11.7. The van der Waals surface area contributed by atoms with Crippen LogP contribution in [0.25, 0.3) is 10.4 Å². The van der Waals surface area contributed by atoms with Gasteiger partial charge in [0.25, 0.3) is 5.79 Å². The third-order valence-electron chi connectivity index (χ3n) is 6.37. The number of aromatic nitrogens is 2. The van der Waals surface area contributed by atoms with E-state index in [-0.39, 0.29) is 5.82 Å². The first-order chi connectivity index (χ1) is 18.8. The molecule has 20 heteroatoms. The number of nitrogens with two attached hydrogens (primary N) is 1. The van der Waals surface area contributed by atoms with Gasteiger partial charge in [-0.3, -0.25) is 9.36 Å². The number of nitrogens with one attached hydrogen (secondary N) is 1. The number of ether oxygens (including phenoxy) is 3. The van der Waals surface area contributed by atoms with Gasteiger partial charge < -0.3 is 61.0 Å². The van der Waals surface area contributed by atoms with Crippen LogP contribution in [0.15, 0.2) is 22.2 Å². The molecule has 2 fully saturated rings. The quantitative estimate of drug-likeness (QED) is 0.0677. The van der Waals surface area contributed by atoms with Crippen molar-refractivity contribution in [2.45, 2.75) is 67.2 Å². The van der Waals surface area contributed by atoms with Gasteiger partial charge in [0.15, 0.2) is 6.23 Å². The summed E-state index contributed by atoms with van der Waals surface area (Å²) >= 11 is 0. The van der Waals surface area contributed by atoms with Crippen molar-refractivity contribution in [3.63, 3.8) is 0 Å². The fourth-order valence-corrected chi connectivity index (χ4v) is 4.30. The highest BCUT2D eigenvalue weighted by atomic mass is 16.7. The molecule has 1 amide bonds. The summed E-state index contributed by atoms with van der Waals surface area (Å²) in [6.07, 6.45) is -13.7. The van der Waals surface area contributed by atoms with Crippen molar-refractivity contribution in [1.29, 1.82) is 0 Å². The highest BCUT2D eigenvalue weighted by Crippen LogP contribution is 2.35. The molecule has 10 N–H and O–H groups in total. The van der Waals surface area contributed by atoms with Gasteiger partial charge in [0.2, 0.25) is 5.91 Å². The molecule has 0 spiro atoms. The third kappa shape index (κ3) is 6.47. The second-order valence-corrected chi connectivity index (χ2v) is 9.03. The number of nitrogen functional groups attached to an aromatic ring is 1.